The maximum Gasteiger partial charge on any atom is 0.317 e. The normalized spacial score (nSPS) is 20.2. The second kappa shape index (κ2) is 7.27. The number of hydrogen-bond acceptors (Lipinski definition) is 5. The van der Waals surface area contributed by atoms with Crippen molar-refractivity contribution in [2.45, 2.75) is 39.2 Å². The van der Waals surface area contributed by atoms with Crippen molar-refractivity contribution in [2.75, 3.05) is 26.3 Å². The van der Waals surface area contributed by atoms with Crippen molar-refractivity contribution in [1.82, 2.24) is 4.90 Å². The first kappa shape index (κ1) is 14.0. The van der Waals surface area contributed by atoms with E-state index in [9.17, 15) is 9.59 Å². The maximum atomic E-state index is 11.3. The summed E-state index contributed by atoms with van der Waals surface area (Å²) < 4.78 is 9.77. The van der Waals surface area contributed by atoms with Crippen LogP contribution < -0.4 is 0 Å². The van der Waals surface area contributed by atoms with Gasteiger partial charge in [0.05, 0.1) is 6.61 Å². The summed E-state index contributed by atoms with van der Waals surface area (Å²) in [5.74, 6) is -1.01. The maximum absolute atomic E-state index is 11.3. The SMILES string of the molecule is CCOC(=O)CC(=O)OC[C@@H]1CCCN1CC. The number of carbonyl (C=O) groups excluding carboxylic acids is 2. The van der Waals surface area contributed by atoms with Gasteiger partial charge in [-0.1, -0.05) is 6.92 Å². The van der Waals surface area contributed by atoms with E-state index in [1.807, 2.05) is 0 Å². The highest BCUT2D eigenvalue weighted by Gasteiger charge is 2.24. The first-order valence-electron chi connectivity index (χ1n) is 6.22. The summed E-state index contributed by atoms with van der Waals surface area (Å²) in [5.41, 5.74) is 0. The summed E-state index contributed by atoms with van der Waals surface area (Å²) in [6, 6.07) is 0.311. The summed E-state index contributed by atoms with van der Waals surface area (Å²) >= 11 is 0. The third kappa shape index (κ3) is 4.73. The number of esters is 2. The lowest BCUT2D eigenvalue weighted by molar-refractivity contribution is -0.155. The Kier molecular flexibility index (Phi) is 5.97. The van der Waals surface area contributed by atoms with Crippen LogP contribution in [0, 0.1) is 0 Å². The molecule has 17 heavy (non-hydrogen) atoms. The van der Waals surface area contributed by atoms with Gasteiger partial charge in [0.1, 0.15) is 13.0 Å². The minimum absolute atomic E-state index is 0.285. The quantitative estimate of drug-likeness (QED) is 0.514. The van der Waals surface area contributed by atoms with Crippen molar-refractivity contribution in [3.8, 4) is 0 Å². The van der Waals surface area contributed by atoms with Gasteiger partial charge in [-0.05, 0) is 32.9 Å². The van der Waals surface area contributed by atoms with Crippen LogP contribution in [-0.4, -0.2) is 49.2 Å². The van der Waals surface area contributed by atoms with Gasteiger partial charge in [-0.3, -0.25) is 14.5 Å². The zero-order valence-corrected chi connectivity index (χ0v) is 10.6. The van der Waals surface area contributed by atoms with Gasteiger partial charge in [0.15, 0.2) is 0 Å². The first-order valence-corrected chi connectivity index (χ1v) is 6.22. The van der Waals surface area contributed by atoms with Gasteiger partial charge >= 0.3 is 11.9 Å². The fourth-order valence-electron chi connectivity index (χ4n) is 2.07. The molecule has 0 N–H and O–H groups in total. The Bertz CT molecular complexity index is 267. The molecular formula is C12H21NO4. The fourth-order valence-corrected chi connectivity index (χ4v) is 2.07. The third-order valence-electron chi connectivity index (χ3n) is 2.94. The summed E-state index contributed by atoms with van der Waals surface area (Å²) in [4.78, 5) is 24.7. The van der Waals surface area contributed by atoms with Crippen LogP contribution in [0.25, 0.3) is 0 Å². The summed E-state index contributed by atoms with van der Waals surface area (Å²) in [7, 11) is 0. The molecule has 0 unspecified atom stereocenters. The van der Waals surface area contributed by atoms with E-state index in [0.717, 1.165) is 25.9 Å². The van der Waals surface area contributed by atoms with Crippen molar-refractivity contribution >= 4 is 11.9 Å². The number of hydrogen-bond donors (Lipinski definition) is 0. The van der Waals surface area contributed by atoms with E-state index < -0.39 is 11.9 Å². The molecule has 0 aromatic heterocycles. The predicted molar refractivity (Wildman–Crippen MR) is 62.5 cm³/mol. The summed E-state index contributed by atoms with van der Waals surface area (Å²) in [6.07, 6.45) is 1.92. The largest absolute Gasteiger partial charge is 0.466 e. The first-order chi connectivity index (χ1) is 8.17. The topological polar surface area (TPSA) is 55.8 Å². The standard InChI is InChI=1S/C12H21NO4/c1-3-13-7-5-6-10(13)9-17-12(15)8-11(14)16-4-2/h10H,3-9H2,1-2H3/t10-/m0/s1. The lowest BCUT2D eigenvalue weighted by atomic mass is 10.2. The Morgan fingerprint density at radius 3 is 2.59 bits per heavy atom. The zero-order chi connectivity index (χ0) is 12.7. The number of carbonyl (C=O) groups is 2. The highest BCUT2D eigenvalue weighted by atomic mass is 16.6. The Morgan fingerprint density at radius 2 is 1.94 bits per heavy atom. The molecule has 0 aromatic rings. The second-order valence-corrected chi connectivity index (χ2v) is 4.09. The average molecular weight is 243 g/mol. The van der Waals surface area contributed by atoms with Crippen LogP contribution in [-0.2, 0) is 19.1 Å². The van der Waals surface area contributed by atoms with Crippen LogP contribution in [0.1, 0.15) is 33.1 Å². The summed E-state index contributed by atoms with van der Waals surface area (Å²) in [5, 5.41) is 0. The van der Waals surface area contributed by atoms with Crippen molar-refractivity contribution < 1.29 is 19.1 Å². The van der Waals surface area contributed by atoms with Crippen LogP contribution >= 0.6 is 0 Å². The molecule has 1 heterocycles. The van der Waals surface area contributed by atoms with E-state index in [1.54, 1.807) is 6.92 Å². The molecular weight excluding hydrogens is 222 g/mol. The number of likely N-dealkylation sites (tertiary alicyclic amines) is 1. The number of ether oxygens (including phenoxy) is 2. The van der Waals surface area contributed by atoms with Gasteiger partial charge < -0.3 is 9.47 Å². The monoisotopic (exact) mass is 243 g/mol. The van der Waals surface area contributed by atoms with E-state index in [0.29, 0.717) is 19.3 Å². The number of rotatable bonds is 6. The van der Waals surface area contributed by atoms with E-state index in [2.05, 4.69) is 16.6 Å². The van der Waals surface area contributed by atoms with E-state index in [-0.39, 0.29) is 6.42 Å². The van der Waals surface area contributed by atoms with Crippen molar-refractivity contribution in [2.24, 2.45) is 0 Å². The molecule has 0 amide bonds. The van der Waals surface area contributed by atoms with Crippen LogP contribution in [0.4, 0.5) is 0 Å². The van der Waals surface area contributed by atoms with Crippen molar-refractivity contribution in [3.05, 3.63) is 0 Å². The molecule has 98 valence electrons. The molecule has 1 saturated heterocycles. The fraction of sp³-hybridized carbons (Fsp3) is 0.833. The minimum Gasteiger partial charge on any atom is -0.466 e. The molecule has 0 aromatic carbocycles. The van der Waals surface area contributed by atoms with Gasteiger partial charge in [-0.2, -0.15) is 0 Å². The van der Waals surface area contributed by atoms with Crippen molar-refractivity contribution in [3.63, 3.8) is 0 Å². The molecule has 1 rings (SSSR count). The highest BCUT2D eigenvalue weighted by molar-refractivity contribution is 5.91. The van der Waals surface area contributed by atoms with Gasteiger partial charge in [0.25, 0.3) is 0 Å². The number of nitrogens with zero attached hydrogens (tertiary/aromatic N) is 1. The summed E-state index contributed by atoms with van der Waals surface area (Å²) in [6.45, 7) is 6.51. The minimum atomic E-state index is -0.517. The molecule has 5 nitrogen and oxygen atoms in total. The average Bonchev–Trinajstić information content (AvgIpc) is 2.73. The molecule has 1 atom stereocenters. The molecule has 1 aliphatic heterocycles. The second-order valence-electron chi connectivity index (χ2n) is 4.09. The van der Waals surface area contributed by atoms with Gasteiger partial charge in [0, 0.05) is 6.04 Å². The molecule has 1 fully saturated rings. The van der Waals surface area contributed by atoms with Gasteiger partial charge in [0.2, 0.25) is 0 Å². The van der Waals surface area contributed by atoms with Gasteiger partial charge in [-0.15, -0.1) is 0 Å². The van der Waals surface area contributed by atoms with E-state index in [1.165, 1.54) is 0 Å². The Hall–Kier alpha value is -1.10. The van der Waals surface area contributed by atoms with Crippen LogP contribution in [0.15, 0.2) is 0 Å². The van der Waals surface area contributed by atoms with Crippen LogP contribution in [0.2, 0.25) is 0 Å². The molecule has 1 aliphatic rings. The van der Waals surface area contributed by atoms with E-state index in [4.69, 9.17) is 4.74 Å². The molecule has 5 heteroatoms. The smallest absolute Gasteiger partial charge is 0.317 e. The van der Waals surface area contributed by atoms with E-state index >= 15 is 0 Å². The molecule has 0 aliphatic carbocycles. The lowest BCUT2D eigenvalue weighted by Gasteiger charge is -2.22. The van der Waals surface area contributed by atoms with Gasteiger partial charge in [-0.25, -0.2) is 0 Å². The Labute approximate surface area is 102 Å². The molecule has 0 saturated carbocycles. The highest BCUT2D eigenvalue weighted by Crippen LogP contribution is 2.16. The number of likely N-dealkylation sites (N-methyl/N-ethyl adjacent to an activating group) is 1. The zero-order valence-electron chi connectivity index (χ0n) is 10.6. The van der Waals surface area contributed by atoms with Crippen molar-refractivity contribution in [1.29, 1.82) is 0 Å². The molecule has 0 spiro atoms. The van der Waals surface area contributed by atoms with Crippen LogP contribution in [0.3, 0.4) is 0 Å². The Morgan fingerprint density at radius 1 is 1.24 bits per heavy atom. The third-order valence-corrected chi connectivity index (χ3v) is 2.94. The molecule has 0 radical (unpaired) electrons. The Balaban J connectivity index is 2.21. The van der Waals surface area contributed by atoms with Crippen LogP contribution in [0.5, 0.6) is 0 Å². The lowest BCUT2D eigenvalue weighted by Crippen LogP contribution is -2.33. The predicted octanol–water partition coefficient (Wildman–Crippen LogP) is 0.967. The molecule has 0 bridgehead atoms.